The summed E-state index contributed by atoms with van der Waals surface area (Å²) in [7, 11) is 0. The summed E-state index contributed by atoms with van der Waals surface area (Å²) in [6.07, 6.45) is 3.36. The van der Waals surface area contributed by atoms with Crippen LogP contribution >= 0.6 is 22.9 Å². The Hall–Kier alpha value is -2.21. The van der Waals surface area contributed by atoms with Crippen molar-refractivity contribution in [2.75, 3.05) is 31.1 Å². The molecule has 1 amide bonds. The Morgan fingerprint density at radius 2 is 1.86 bits per heavy atom. The third kappa shape index (κ3) is 5.24. The molecule has 3 rings (SSSR count). The van der Waals surface area contributed by atoms with Crippen molar-refractivity contribution in [3.8, 4) is 0 Å². The van der Waals surface area contributed by atoms with E-state index in [9.17, 15) is 4.79 Å². The zero-order valence-corrected chi connectivity index (χ0v) is 18.6. The number of nitrogens with zero attached hydrogens (tertiary/aromatic N) is 3. The molecule has 0 spiro atoms. The lowest BCUT2D eigenvalue weighted by Crippen LogP contribution is -2.38. The molecule has 3 aromatic rings. The van der Waals surface area contributed by atoms with Crippen molar-refractivity contribution >= 4 is 50.3 Å². The smallest absolute Gasteiger partial charge is 0.252 e. The number of halogens is 1. The van der Waals surface area contributed by atoms with Crippen molar-refractivity contribution in [2.45, 2.75) is 20.8 Å². The number of aromatic nitrogens is 1. The summed E-state index contributed by atoms with van der Waals surface area (Å²) in [6.45, 7) is 9.60. The van der Waals surface area contributed by atoms with E-state index < -0.39 is 0 Å². The standard InChI is InChI=1S/C23H26ClN3OS/c1-4-26(5-2)15-16-27(21(28)14-13-18-10-6-7-11-19(18)24)23-25-22-17(3)9-8-12-20(22)29-23/h6-14H,4-5,15-16H2,1-3H3/b14-13+. The molecule has 2 aromatic carbocycles. The maximum absolute atomic E-state index is 13.1. The van der Waals surface area contributed by atoms with E-state index >= 15 is 0 Å². The number of carbonyl (C=O) groups is 1. The van der Waals surface area contributed by atoms with E-state index in [1.54, 1.807) is 28.4 Å². The van der Waals surface area contributed by atoms with Crippen LogP contribution in [0.3, 0.4) is 0 Å². The van der Waals surface area contributed by atoms with Gasteiger partial charge < -0.3 is 4.90 Å². The Kier molecular flexibility index (Phi) is 7.42. The molecule has 0 fully saturated rings. The molecule has 1 heterocycles. The van der Waals surface area contributed by atoms with Gasteiger partial charge in [0.05, 0.1) is 10.2 Å². The molecule has 0 radical (unpaired) electrons. The molecule has 0 aliphatic rings. The molecular weight excluding hydrogens is 402 g/mol. The van der Waals surface area contributed by atoms with Crippen molar-refractivity contribution in [1.82, 2.24) is 9.88 Å². The molecular formula is C23H26ClN3OS. The third-order valence-corrected chi connectivity index (χ3v) is 6.34. The number of hydrogen-bond donors (Lipinski definition) is 0. The highest BCUT2D eigenvalue weighted by Gasteiger charge is 2.19. The number of thiazole rings is 1. The van der Waals surface area contributed by atoms with Crippen LogP contribution in [0.25, 0.3) is 16.3 Å². The minimum atomic E-state index is -0.0891. The number of rotatable bonds is 8. The van der Waals surface area contributed by atoms with Crippen LogP contribution in [-0.4, -0.2) is 42.0 Å². The summed E-state index contributed by atoms with van der Waals surface area (Å²) >= 11 is 7.78. The average molecular weight is 428 g/mol. The van der Waals surface area contributed by atoms with Gasteiger partial charge in [0, 0.05) is 24.2 Å². The Balaban J connectivity index is 1.90. The van der Waals surface area contributed by atoms with Gasteiger partial charge in [-0.05, 0) is 49.3 Å². The van der Waals surface area contributed by atoms with Crippen LogP contribution < -0.4 is 4.90 Å². The molecule has 1 aromatic heterocycles. The normalized spacial score (nSPS) is 11.6. The highest BCUT2D eigenvalue weighted by molar-refractivity contribution is 7.22. The van der Waals surface area contributed by atoms with E-state index in [1.165, 1.54) is 0 Å². The number of hydrogen-bond acceptors (Lipinski definition) is 4. The van der Waals surface area contributed by atoms with Crippen molar-refractivity contribution in [2.24, 2.45) is 0 Å². The van der Waals surface area contributed by atoms with Gasteiger partial charge in [-0.1, -0.05) is 67.1 Å². The van der Waals surface area contributed by atoms with Crippen LogP contribution in [0.2, 0.25) is 5.02 Å². The van der Waals surface area contributed by atoms with Crippen LogP contribution in [0.1, 0.15) is 25.0 Å². The van der Waals surface area contributed by atoms with Gasteiger partial charge in [-0.3, -0.25) is 9.69 Å². The average Bonchev–Trinajstić information content (AvgIpc) is 3.16. The maximum atomic E-state index is 13.1. The van der Waals surface area contributed by atoms with Gasteiger partial charge in [-0.15, -0.1) is 0 Å². The number of para-hydroxylation sites is 1. The van der Waals surface area contributed by atoms with Gasteiger partial charge in [0.2, 0.25) is 0 Å². The topological polar surface area (TPSA) is 36.4 Å². The van der Waals surface area contributed by atoms with Gasteiger partial charge in [-0.2, -0.15) is 0 Å². The quantitative estimate of drug-likeness (QED) is 0.436. The van der Waals surface area contributed by atoms with E-state index in [0.29, 0.717) is 11.6 Å². The first-order valence-corrected chi connectivity index (χ1v) is 11.1. The monoisotopic (exact) mass is 427 g/mol. The zero-order valence-electron chi connectivity index (χ0n) is 17.1. The molecule has 0 saturated heterocycles. The van der Waals surface area contributed by atoms with Gasteiger partial charge in [-0.25, -0.2) is 4.98 Å². The van der Waals surface area contributed by atoms with Crippen LogP contribution in [0.4, 0.5) is 5.13 Å². The fraction of sp³-hybridized carbons (Fsp3) is 0.304. The van der Waals surface area contributed by atoms with Crippen LogP contribution in [0.5, 0.6) is 0 Å². The molecule has 152 valence electrons. The number of fused-ring (bicyclic) bond motifs is 1. The van der Waals surface area contributed by atoms with Crippen LogP contribution in [-0.2, 0) is 4.79 Å². The van der Waals surface area contributed by atoms with Gasteiger partial charge in [0.1, 0.15) is 0 Å². The van der Waals surface area contributed by atoms with Gasteiger partial charge in [0.25, 0.3) is 5.91 Å². The molecule has 6 heteroatoms. The fourth-order valence-electron chi connectivity index (χ4n) is 3.13. The van der Waals surface area contributed by atoms with Crippen LogP contribution in [0, 0.1) is 6.92 Å². The molecule has 0 saturated carbocycles. The predicted octanol–water partition coefficient (Wildman–Crippen LogP) is 5.65. The maximum Gasteiger partial charge on any atom is 0.252 e. The summed E-state index contributed by atoms with van der Waals surface area (Å²) in [5.74, 6) is -0.0891. The molecule has 0 atom stereocenters. The SMILES string of the molecule is CCN(CC)CCN(C(=O)/C=C/c1ccccc1Cl)c1nc2c(C)cccc2s1. The number of benzene rings is 2. The Morgan fingerprint density at radius 1 is 1.10 bits per heavy atom. The molecule has 0 aliphatic carbocycles. The van der Waals surface area contributed by atoms with E-state index in [2.05, 4.69) is 24.8 Å². The first-order chi connectivity index (χ1) is 14.0. The second-order valence-electron chi connectivity index (χ2n) is 6.79. The highest BCUT2D eigenvalue weighted by atomic mass is 35.5. The van der Waals surface area contributed by atoms with Crippen molar-refractivity contribution in [1.29, 1.82) is 0 Å². The summed E-state index contributed by atoms with van der Waals surface area (Å²) < 4.78 is 1.09. The Morgan fingerprint density at radius 3 is 2.55 bits per heavy atom. The molecule has 0 unspecified atom stereocenters. The molecule has 0 bridgehead atoms. The fourth-order valence-corrected chi connectivity index (χ4v) is 4.41. The molecule has 0 aliphatic heterocycles. The predicted molar refractivity (Wildman–Crippen MR) is 125 cm³/mol. The van der Waals surface area contributed by atoms with E-state index in [-0.39, 0.29) is 5.91 Å². The number of amides is 1. The second kappa shape index (κ2) is 10.0. The number of carbonyl (C=O) groups excluding carboxylic acids is 1. The van der Waals surface area contributed by atoms with Crippen LogP contribution in [0.15, 0.2) is 48.5 Å². The zero-order chi connectivity index (χ0) is 20.8. The van der Waals surface area contributed by atoms with Crippen molar-refractivity contribution in [3.05, 3.63) is 64.7 Å². The first-order valence-electron chi connectivity index (χ1n) is 9.86. The first kappa shape index (κ1) is 21.5. The number of anilines is 1. The summed E-state index contributed by atoms with van der Waals surface area (Å²) in [6, 6.07) is 13.6. The lowest BCUT2D eigenvalue weighted by molar-refractivity contribution is -0.114. The lowest BCUT2D eigenvalue weighted by Gasteiger charge is -2.23. The molecule has 4 nitrogen and oxygen atoms in total. The van der Waals surface area contributed by atoms with Crippen molar-refractivity contribution in [3.63, 3.8) is 0 Å². The largest absolute Gasteiger partial charge is 0.302 e. The van der Waals surface area contributed by atoms with E-state index in [0.717, 1.165) is 46.1 Å². The number of aryl methyl sites for hydroxylation is 1. The second-order valence-corrected chi connectivity index (χ2v) is 8.21. The summed E-state index contributed by atoms with van der Waals surface area (Å²) in [5.41, 5.74) is 2.90. The Bertz CT molecular complexity index is 1010. The van der Waals surface area contributed by atoms with E-state index in [1.807, 2.05) is 43.3 Å². The minimum Gasteiger partial charge on any atom is -0.302 e. The minimum absolute atomic E-state index is 0.0891. The summed E-state index contributed by atoms with van der Waals surface area (Å²) in [4.78, 5) is 22.0. The number of likely N-dealkylation sites (N-methyl/N-ethyl adjacent to an activating group) is 1. The van der Waals surface area contributed by atoms with Gasteiger partial charge >= 0.3 is 0 Å². The van der Waals surface area contributed by atoms with Crippen molar-refractivity contribution < 1.29 is 4.79 Å². The van der Waals surface area contributed by atoms with E-state index in [4.69, 9.17) is 16.6 Å². The lowest BCUT2D eigenvalue weighted by atomic mass is 10.2. The van der Waals surface area contributed by atoms with Gasteiger partial charge in [0.15, 0.2) is 5.13 Å². The molecule has 29 heavy (non-hydrogen) atoms. The highest BCUT2D eigenvalue weighted by Crippen LogP contribution is 2.31. The molecule has 0 N–H and O–H groups in total. The summed E-state index contributed by atoms with van der Waals surface area (Å²) in [5, 5.41) is 1.36. The third-order valence-electron chi connectivity index (χ3n) is 4.95. The Labute approximate surface area is 181 Å².